The van der Waals surface area contributed by atoms with Gasteiger partial charge in [-0.25, -0.2) is 0 Å². The number of rotatable bonds is 7. The monoisotopic (exact) mass is 329 g/mol. The summed E-state index contributed by atoms with van der Waals surface area (Å²) in [5, 5.41) is 8.96. The predicted molar refractivity (Wildman–Crippen MR) is 87.2 cm³/mol. The van der Waals surface area contributed by atoms with Gasteiger partial charge in [-0.1, -0.05) is 0 Å². The average Bonchev–Trinajstić information content (AvgIpc) is 2.50. The summed E-state index contributed by atoms with van der Waals surface area (Å²) in [4.78, 5) is 13.1. The lowest BCUT2D eigenvalue weighted by Crippen LogP contribution is -2.38. The van der Waals surface area contributed by atoms with Crippen LogP contribution in [-0.2, 0) is 4.79 Å². The van der Waals surface area contributed by atoms with Gasteiger partial charge in [-0.2, -0.15) is 0 Å². The van der Waals surface area contributed by atoms with Crippen LogP contribution in [0.15, 0.2) is 24.3 Å². The van der Waals surface area contributed by atoms with Crippen LogP contribution in [0.4, 0.5) is 0 Å². The van der Waals surface area contributed by atoms with Gasteiger partial charge in [0.15, 0.2) is 0 Å². The molecular formula is C16H24ClNO4. The van der Waals surface area contributed by atoms with Gasteiger partial charge in [0.2, 0.25) is 0 Å². The predicted octanol–water partition coefficient (Wildman–Crippen LogP) is 2.68. The molecule has 22 heavy (non-hydrogen) atoms. The first-order chi connectivity index (χ1) is 10.2. The van der Waals surface area contributed by atoms with Crippen molar-refractivity contribution < 1.29 is 19.4 Å². The largest absolute Gasteiger partial charge is 0.494 e. The number of nitrogens with zero attached hydrogens (tertiary/aromatic N) is 1. The normalized spacial score (nSPS) is 15.9. The maximum atomic E-state index is 10.9. The molecule has 0 amide bonds. The van der Waals surface area contributed by atoms with Crippen molar-refractivity contribution in [1.29, 1.82) is 0 Å². The minimum absolute atomic E-state index is 0. The molecule has 0 aliphatic carbocycles. The van der Waals surface area contributed by atoms with Crippen LogP contribution in [0.5, 0.6) is 11.5 Å². The molecule has 1 aromatic carbocycles. The van der Waals surface area contributed by atoms with E-state index in [1.165, 1.54) is 0 Å². The minimum Gasteiger partial charge on any atom is -0.494 e. The molecule has 5 nitrogen and oxygen atoms in total. The Kier molecular flexibility index (Phi) is 8.06. The van der Waals surface area contributed by atoms with Gasteiger partial charge in [0.1, 0.15) is 18.1 Å². The van der Waals surface area contributed by atoms with Crippen molar-refractivity contribution in [1.82, 2.24) is 4.90 Å². The quantitative estimate of drug-likeness (QED) is 0.833. The lowest BCUT2D eigenvalue weighted by molar-refractivity contribution is -0.143. The molecule has 0 spiro atoms. The van der Waals surface area contributed by atoms with Gasteiger partial charge in [-0.3, -0.25) is 9.69 Å². The number of piperidine rings is 1. The summed E-state index contributed by atoms with van der Waals surface area (Å²) >= 11 is 0. The van der Waals surface area contributed by atoms with Crippen LogP contribution in [0.1, 0.15) is 19.8 Å². The Hall–Kier alpha value is -1.46. The second-order valence-corrected chi connectivity index (χ2v) is 5.21. The fourth-order valence-corrected chi connectivity index (χ4v) is 2.49. The Balaban J connectivity index is 0.00000242. The molecule has 1 heterocycles. The molecule has 0 bridgehead atoms. The molecule has 1 aliphatic rings. The molecule has 1 aromatic rings. The van der Waals surface area contributed by atoms with Gasteiger partial charge in [0.25, 0.3) is 0 Å². The van der Waals surface area contributed by atoms with Crippen LogP contribution >= 0.6 is 12.4 Å². The minimum atomic E-state index is -0.666. The molecule has 0 saturated carbocycles. The third kappa shape index (κ3) is 5.73. The summed E-state index contributed by atoms with van der Waals surface area (Å²) in [6.45, 7) is 5.74. The molecule has 124 valence electrons. The summed E-state index contributed by atoms with van der Waals surface area (Å²) < 4.78 is 11.1. The smallest absolute Gasteiger partial charge is 0.306 e. The first-order valence-corrected chi connectivity index (χ1v) is 7.50. The first kappa shape index (κ1) is 18.6. The Bertz CT molecular complexity index is 444. The Labute approximate surface area is 137 Å². The Morgan fingerprint density at radius 3 is 2.23 bits per heavy atom. The molecular weight excluding hydrogens is 306 g/mol. The number of hydrogen-bond acceptors (Lipinski definition) is 4. The van der Waals surface area contributed by atoms with Crippen LogP contribution in [0.25, 0.3) is 0 Å². The van der Waals surface area contributed by atoms with Crippen molar-refractivity contribution in [3.8, 4) is 11.5 Å². The highest BCUT2D eigenvalue weighted by Crippen LogP contribution is 2.19. The third-order valence-electron chi connectivity index (χ3n) is 3.75. The van der Waals surface area contributed by atoms with Crippen LogP contribution in [0.3, 0.4) is 0 Å². The van der Waals surface area contributed by atoms with Crippen molar-refractivity contribution in [3.63, 3.8) is 0 Å². The van der Waals surface area contributed by atoms with E-state index in [9.17, 15) is 4.79 Å². The number of carbonyl (C=O) groups is 1. The van der Waals surface area contributed by atoms with E-state index in [0.29, 0.717) is 13.2 Å². The van der Waals surface area contributed by atoms with Gasteiger partial charge >= 0.3 is 5.97 Å². The standard InChI is InChI=1S/C16H23NO4.ClH/c1-2-20-14-3-5-15(6-4-14)21-12-11-17-9-7-13(8-10-17)16(18)19;/h3-6,13H,2,7-12H2,1H3,(H,18,19);1H. The van der Waals surface area contributed by atoms with E-state index in [4.69, 9.17) is 14.6 Å². The van der Waals surface area contributed by atoms with Gasteiger partial charge in [0.05, 0.1) is 12.5 Å². The van der Waals surface area contributed by atoms with E-state index in [2.05, 4.69) is 4.90 Å². The zero-order valence-corrected chi connectivity index (χ0v) is 13.7. The van der Waals surface area contributed by atoms with E-state index < -0.39 is 5.97 Å². The zero-order valence-electron chi connectivity index (χ0n) is 12.9. The summed E-state index contributed by atoms with van der Waals surface area (Å²) in [5.41, 5.74) is 0. The molecule has 0 unspecified atom stereocenters. The average molecular weight is 330 g/mol. The summed E-state index contributed by atoms with van der Waals surface area (Å²) in [7, 11) is 0. The van der Waals surface area contributed by atoms with Gasteiger partial charge < -0.3 is 14.6 Å². The van der Waals surface area contributed by atoms with Gasteiger partial charge in [0, 0.05) is 6.54 Å². The van der Waals surface area contributed by atoms with Crippen molar-refractivity contribution in [2.75, 3.05) is 32.8 Å². The van der Waals surface area contributed by atoms with E-state index in [1.54, 1.807) is 0 Å². The topological polar surface area (TPSA) is 59.0 Å². The Morgan fingerprint density at radius 1 is 1.18 bits per heavy atom. The first-order valence-electron chi connectivity index (χ1n) is 7.50. The van der Waals surface area contributed by atoms with Gasteiger partial charge in [-0.05, 0) is 57.1 Å². The summed E-state index contributed by atoms with van der Waals surface area (Å²) in [5.74, 6) is 0.841. The number of benzene rings is 1. The highest BCUT2D eigenvalue weighted by atomic mass is 35.5. The molecule has 1 N–H and O–H groups in total. The maximum absolute atomic E-state index is 10.9. The van der Waals surface area contributed by atoms with Crippen molar-refractivity contribution >= 4 is 18.4 Å². The molecule has 0 atom stereocenters. The molecule has 1 fully saturated rings. The highest BCUT2D eigenvalue weighted by Gasteiger charge is 2.23. The second-order valence-electron chi connectivity index (χ2n) is 5.21. The highest BCUT2D eigenvalue weighted by molar-refractivity contribution is 5.85. The number of hydrogen-bond donors (Lipinski definition) is 1. The fourth-order valence-electron chi connectivity index (χ4n) is 2.49. The maximum Gasteiger partial charge on any atom is 0.306 e. The van der Waals surface area contributed by atoms with E-state index in [1.807, 2.05) is 31.2 Å². The van der Waals surface area contributed by atoms with Crippen molar-refractivity contribution in [3.05, 3.63) is 24.3 Å². The summed E-state index contributed by atoms with van der Waals surface area (Å²) in [6, 6.07) is 7.61. The number of halogens is 1. The molecule has 0 radical (unpaired) electrons. The lowest BCUT2D eigenvalue weighted by Gasteiger charge is -2.29. The number of likely N-dealkylation sites (tertiary alicyclic amines) is 1. The van der Waals surface area contributed by atoms with Crippen LogP contribution in [0, 0.1) is 5.92 Å². The number of carboxylic acid groups (broad SMARTS) is 1. The second kappa shape index (κ2) is 9.54. The molecule has 6 heteroatoms. The van der Waals surface area contributed by atoms with Crippen LogP contribution in [0.2, 0.25) is 0 Å². The molecule has 2 rings (SSSR count). The number of aliphatic carboxylic acids is 1. The molecule has 0 aromatic heterocycles. The lowest BCUT2D eigenvalue weighted by atomic mass is 9.97. The van der Waals surface area contributed by atoms with Crippen LogP contribution in [-0.4, -0.2) is 48.8 Å². The third-order valence-corrected chi connectivity index (χ3v) is 3.75. The molecule has 1 saturated heterocycles. The van der Waals surface area contributed by atoms with E-state index >= 15 is 0 Å². The fraction of sp³-hybridized carbons (Fsp3) is 0.562. The Morgan fingerprint density at radius 2 is 1.73 bits per heavy atom. The molecule has 1 aliphatic heterocycles. The number of carboxylic acids is 1. The van der Waals surface area contributed by atoms with Crippen molar-refractivity contribution in [2.24, 2.45) is 5.92 Å². The van der Waals surface area contributed by atoms with E-state index in [0.717, 1.165) is 44.0 Å². The summed E-state index contributed by atoms with van der Waals surface area (Å²) in [6.07, 6.45) is 1.47. The SMILES string of the molecule is CCOc1ccc(OCCN2CCC(C(=O)O)CC2)cc1.Cl. The van der Waals surface area contributed by atoms with Gasteiger partial charge in [-0.15, -0.1) is 12.4 Å². The zero-order chi connectivity index (χ0) is 15.1. The number of ether oxygens (including phenoxy) is 2. The van der Waals surface area contributed by atoms with E-state index in [-0.39, 0.29) is 18.3 Å². The van der Waals surface area contributed by atoms with Crippen molar-refractivity contribution in [2.45, 2.75) is 19.8 Å². The van der Waals surface area contributed by atoms with Crippen LogP contribution < -0.4 is 9.47 Å².